The molecule has 0 atom stereocenters. The molecule has 2 nitrogen and oxygen atoms in total. The predicted molar refractivity (Wildman–Crippen MR) is 144 cm³/mol. The Balaban J connectivity index is 1.67. The SMILES string of the molecule is CC(=O)OS(c1ccccc1)(c1ccc(-c2ccccc2)cc1)c1ccc(-c2ccccc2)cc1. The quantitative estimate of drug-likeness (QED) is 0.246. The van der Waals surface area contributed by atoms with Crippen molar-refractivity contribution in [2.75, 3.05) is 0 Å². The molecule has 5 rings (SSSR count). The van der Waals surface area contributed by atoms with Crippen molar-refractivity contribution in [1.82, 2.24) is 0 Å². The molecule has 0 aliphatic heterocycles. The first-order chi connectivity index (χ1) is 17.2. The minimum Gasteiger partial charge on any atom is -0.402 e. The zero-order valence-corrected chi connectivity index (χ0v) is 20.3. The average molecular weight is 475 g/mol. The van der Waals surface area contributed by atoms with Crippen molar-refractivity contribution in [3.05, 3.63) is 140 Å². The van der Waals surface area contributed by atoms with Crippen LogP contribution in [0.15, 0.2) is 154 Å². The first-order valence-electron chi connectivity index (χ1n) is 11.6. The zero-order chi connectivity index (χ0) is 24.1. The molecule has 0 saturated heterocycles. The van der Waals surface area contributed by atoms with Crippen LogP contribution in [0, 0.1) is 0 Å². The molecule has 0 radical (unpaired) electrons. The maximum atomic E-state index is 12.6. The smallest absolute Gasteiger partial charge is 0.313 e. The Hall–Kier alpha value is -4.08. The van der Waals surface area contributed by atoms with Crippen LogP contribution >= 0.6 is 10.3 Å². The summed E-state index contributed by atoms with van der Waals surface area (Å²) in [4.78, 5) is 15.5. The average Bonchev–Trinajstić information content (AvgIpc) is 2.93. The van der Waals surface area contributed by atoms with Gasteiger partial charge in [-0.1, -0.05) is 103 Å². The maximum absolute atomic E-state index is 12.6. The number of hydrogen-bond donors (Lipinski definition) is 0. The Morgan fingerprint density at radius 2 is 0.771 bits per heavy atom. The summed E-state index contributed by atoms with van der Waals surface area (Å²) in [5.74, 6) is -0.303. The minimum absolute atomic E-state index is 0.303. The highest BCUT2D eigenvalue weighted by atomic mass is 32.3. The van der Waals surface area contributed by atoms with Gasteiger partial charge in [-0.15, -0.1) is 0 Å². The molecule has 35 heavy (non-hydrogen) atoms. The van der Waals surface area contributed by atoms with Gasteiger partial charge in [0.2, 0.25) is 0 Å². The van der Waals surface area contributed by atoms with Crippen molar-refractivity contribution in [2.45, 2.75) is 21.6 Å². The number of hydrogen-bond acceptors (Lipinski definition) is 2. The lowest BCUT2D eigenvalue weighted by Crippen LogP contribution is -2.11. The van der Waals surface area contributed by atoms with E-state index in [-0.39, 0.29) is 5.97 Å². The van der Waals surface area contributed by atoms with Gasteiger partial charge in [-0.05, 0) is 69.0 Å². The molecule has 5 aromatic rings. The van der Waals surface area contributed by atoms with Crippen LogP contribution in [-0.4, -0.2) is 5.97 Å². The number of carbonyl (C=O) groups is 1. The second kappa shape index (κ2) is 10.0. The Bertz CT molecular complexity index is 1310. The van der Waals surface area contributed by atoms with E-state index in [9.17, 15) is 4.79 Å². The second-order valence-corrected chi connectivity index (χ2v) is 10.9. The first-order valence-corrected chi connectivity index (χ1v) is 13.1. The molecular weight excluding hydrogens is 448 g/mol. The third kappa shape index (κ3) is 4.64. The molecule has 0 N–H and O–H groups in total. The van der Waals surface area contributed by atoms with Crippen molar-refractivity contribution in [3.8, 4) is 22.3 Å². The standard InChI is InChI=1S/C32H26O2S/c1-25(33)34-35(30-15-9-4-10-16-30,31-21-17-28(18-22-31)26-11-5-2-6-12-26)32-23-19-29(20-24-32)27-13-7-3-8-14-27/h2-24H,1H3. The van der Waals surface area contributed by atoms with Gasteiger partial charge in [-0.25, -0.2) is 0 Å². The molecule has 0 aromatic heterocycles. The summed E-state index contributed by atoms with van der Waals surface area (Å²) in [5, 5.41) is 0. The lowest BCUT2D eigenvalue weighted by molar-refractivity contribution is -0.131. The molecule has 0 aliphatic carbocycles. The van der Waals surface area contributed by atoms with Crippen LogP contribution in [-0.2, 0) is 8.98 Å². The van der Waals surface area contributed by atoms with E-state index in [0.717, 1.165) is 36.9 Å². The summed E-state index contributed by atoms with van der Waals surface area (Å²) in [6, 6.07) is 47.5. The maximum Gasteiger partial charge on any atom is 0.313 e. The summed E-state index contributed by atoms with van der Waals surface area (Å²) in [6.45, 7) is 1.49. The van der Waals surface area contributed by atoms with Gasteiger partial charge >= 0.3 is 5.97 Å². The Morgan fingerprint density at radius 3 is 1.14 bits per heavy atom. The van der Waals surface area contributed by atoms with Gasteiger partial charge in [0.1, 0.15) is 0 Å². The zero-order valence-electron chi connectivity index (χ0n) is 19.5. The Labute approximate surface area is 208 Å². The largest absolute Gasteiger partial charge is 0.402 e. The second-order valence-electron chi connectivity index (χ2n) is 8.22. The minimum atomic E-state index is -2.28. The van der Waals surface area contributed by atoms with Crippen molar-refractivity contribution in [3.63, 3.8) is 0 Å². The highest BCUT2D eigenvalue weighted by Crippen LogP contribution is 2.69. The monoisotopic (exact) mass is 474 g/mol. The van der Waals surface area contributed by atoms with Gasteiger partial charge in [0.25, 0.3) is 0 Å². The van der Waals surface area contributed by atoms with E-state index in [1.54, 1.807) is 0 Å². The van der Waals surface area contributed by atoms with Crippen LogP contribution in [0.1, 0.15) is 6.92 Å². The van der Waals surface area contributed by atoms with Crippen LogP contribution in [0.25, 0.3) is 22.3 Å². The van der Waals surface area contributed by atoms with Crippen molar-refractivity contribution in [2.24, 2.45) is 0 Å². The van der Waals surface area contributed by atoms with Gasteiger partial charge < -0.3 is 4.18 Å². The normalized spacial score (nSPS) is 11.6. The fourth-order valence-electron chi connectivity index (χ4n) is 4.28. The molecule has 0 amide bonds. The molecule has 0 saturated carbocycles. The van der Waals surface area contributed by atoms with Crippen molar-refractivity contribution in [1.29, 1.82) is 0 Å². The summed E-state index contributed by atoms with van der Waals surface area (Å²) >= 11 is 0. The summed E-state index contributed by atoms with van der Waals surface area (Å²) in [7, 11) is -2.28. The predicted octanol–water partition coefficient (Wildman–Crippen LogP) is 8.78. The highest BCUT2D eigenvalue weighted by molar-refractivity contribution is 8.30. The van der Waals surface area contributed by atoms with Gasteiger partial charge in [-0.2, -0.15) is 0 Å². The summed E-state index contributed by atoms with van der Waals surface area (Å²) in [5.41, 5.74) is 4.55. The third-order valence-corrected chi connectivity index (χ3v) is 9.20. The molecule has 3 heteroatoms. The number of rotatable bonds is 6. The molecule has 0 unspecified atom stereocenters. The van der Waals surface area contributed by atoms with E-state index >= 15 is 0 Å². The van der Waals surface area contributed by atoms with Crippen LogP contribution in [0.2, 0.25) is 0 Å². The third-order valence-electron chi connectivity index (χ3n) is 5.90. The first kappa shape index (κ1) is 22.7. The fourth-order valence-corrected chi connectivity index (χ4v) is 7.32. The lowest BCUT2D eigenvalue weighted by Gasteiger charge is -2.39. The fraction of sp³-hybridized carbons (Fsp3) is 0.0312. The molecule has 0 fully saturated rings. The van der Waals surface area contributed by atoms with Gasteiger partial charge in [0, 0.05) is 21.6 Å². The highest BCUT2D eigenvalue weighted by Gasteiger charge is 2.34. The van der Waals surface area contributed by atoms with Crippen LogP contribution in [0.3, 0.4) is 0 Å². The van der Waals surface area contributed by atoms with E-state index in [2.05, 4.69) is 84.9 Å². The Morgan fingerprint density at radius 1 is 0.457 bits per heavy atom. The van der Waals surface area contributed by atoms with Crippen molar-refractivity contribution >= 4 is 16.3 Å². The topological polar surface area (TPSA) is 26.3 Å². The molecule has 0 spiro atoms. The molecule has 0 aliphatic rings. The molecule has 0 bridgehead atoms. The van der Waals surface area contributed by atoms with E-state index in [4.69, 9.17) is 4.18 Å². The van der Waals surface area contributed by atoms with Gasteiger partial charge in [0.05, 0.1) is 0 Å². The number of benzene rings is 5. The van der Waals surface area contributed by atoms with Gasteiger partial charge in [-0.3, -0.25) is 4.79 Å². The van der Waals surface area contributed by atoms with E-state index < -0.39 is 10.3 Å². The molecule has 0 heterocycles. The van der Waals surface area contributed by atoms with Gasteiger partial charge in [0.15, 0.2) is 0 Å². The van der Waals surface area contributed by atoms with Crippen LogP contribution < -0.4 is 0 Å². The Kier molecular flexibility index (Phi) is 6.51. The summed E-state index contributed by atoms with van der Waals surface area (Å²) in [6.07, 6.45) is 0. The van der Waals surface area contributed by atoms with Crippen molar-refractivity contribution < 1.29 is 8.98 Å². The number of carbonyl (C=O) groups excluding carboxylic acids is 1. The molecule has 172 valence electrons. The molecule has 5 aromatic carbocycles. The van der Waals surface area contributed by atoms with E-state index in [1.165, 1.54) is 6.92 Å². The van der Waals surface area contributed by atoms with E-state index in [1.807, 2.05) is 54.6 Å². The van der Waals surface area contributed by atoms with Crippen LogP contribution in [0.5, 0.6) is 0 Å². The van der Waals surface area contributed by atoms with E-state index in [0.29, 0.717) is 0 Å². The molecular formula is C32H26O2S. The lowest BCUT2D eigenvalue weighted by atomic mass is 10.1. The van der Waals surface area contributed by atoms with Crippen LogP contribution in [0.4, 0.5) is 0 Å². The summed E-state index contributed by atoms with van der Waals surface area (Å²) < 4.78 is 6.33.